The number of aromatic nitrogens is 1. The fourth-order valence-corrected chi connectivity index (χ4v) is 4.42. The van der Waals surface area contributed by atoms with Crippen LogP contribution in [-0.2, 0) is 4.79 Å². The third kappa shape index (κ3) is 2.71. The van der Waals surface area contributed by atoms with Crippen molar-refractivity contribution >= 4 is 38.6 Å². The van der Waals surface area contributed by atoms with Crippen molar-refractivity contribution in [2.24, 2.45) is 0 Å². The monoisotopic (exact) mass is 348 g/mol. The minimum absolute atomic E-state index is 0.0878. The summed E-state index contributed by atoms with van der Waals surface area (Å²) in [5.41, 5.74) is 0.257. The number of carbonyl (C=O) groups is 2. The number of rotatable bonds is 2. The number of para-hydroxylation sites is 1. The quantitative estimate of drug-likeness (QED) is 0.876. The molecule has 0 radical (unpaired) electrons. The fourth-order valence-electron chi connectivity index (χ4n) is 3.54. The molecule has 2 aliphatic heterocycles. The van der Waals surface area contributed by atoms with E-state index in [4.69, 9.17) is 0 Å². The number of amides is 3. The lowest BCUT2D eigenvalue weighted by Crippen LogP contribution is -2.48. The first-order valence-corrected chi connectivity index (χ1v) is 8.85. The highest BCUT2D eigenvalue weighted by molar-refractivity contribution is 7.22. The molecular formula is C16H17FN4O2S. The Balaban J connectivity index is 1.44. The lowest BCUT2D eigenvalue weighted by atomic mass is 9.99. The first-order valence-electron chi connectivity index (χ1n) is 8.04. The number of hydrogen-bond acceptors (Lipinski definition) is 4. The molecule has 0 spiro atoms. The Labute approximate surface area is 142 Å². The van der Waals surface area contributed by atoms with Gasteiger partial charge in [0, 0.05) is 13.0 Å². The normalized spacial score (nSPS) is 23.4. The summed E-state index contributed by atoms with van der Waals surface area (Å²) in [6.07, 6.45) is 3.36. The highest BCUT2D eigenvalue weighted by Gasteiger charge is 2.41. The highest BCUT2D eigenvalue weighted by Crippen LogP contribution is 2.29. The van der Waals surface area contributed by atoms with Gasteiger partial charge in [-0.2, -0.15) is 0 Å². The number of benzene rings is 1. The zero-order chi connectivity index (χ0) is 16.7. The van der Waals surface area contributed by atoms with Crippen LogP contribution in [0.2, 0.25) is 0 Å². The summed E-state index contributed by atoms with van der Waals surface area (Å²) >= 11 is 1.22. The van der Waals surface area contributed by atoms with Gasteiger partial charge in [-0.25, -0.2) is 14.2 Å². The van der Waals surface area contributed by atoms with E-state index in [1.54, 1.807) is 12.1 Å². The standard InChI is InChI=1S/C16H17FN4O2S/c17-9-4-3-6-12-14(9)19-16(24-12)20-15(23)18-10-8-13(22)21-7-2-1-5-11(10)21/h3-4,6,10-11H,1-2,5,7-8H2,(H2,18,19,20,23). The first kappa shape index (κ1) is 15.3. The number of urea groups is 1. The molecule has 126 valence electrons. The fraction of sp³-hybridized carbons (Fsp3) is 0.438. The Kier molecular flexibility index (Phi) is 3.84. The number of hydrogen-bond donors (Lipinski definition) is 2. The zero-order valence-electron chi connectivity index (χ0n) is 12.9. The van der Waals surface area contributed by atoms with Crippen molar-refractivity contribution in [2.45, 2.75) is 37.8 Å². The average molecular weight is 348 g/mol. The third-order valence-corrected chi connectivity index (χ3v) is 5.57. The van der Waals surface area contributed by atoms with Crippen LogP contribution in [0.1, 0.15) is 25.7 Å². The second kappa shape index (κ2) is 6.01. The van der Waals surface area contributed by atoms with E-state index in [2.05, 4.69) is 15.6 Å². The molecule has 2 saturated heterocycles. The molecule has 2 atom stereocenters. The van der Waals surface area contributed by atoms with Crippen LogP contribution in [0.4, 0.5) is 14.3 Å². The van der Waals surface area contributed by atoms with Gasteiger partial charge in [-0.15, -0.1) is 0 Å². The number of piperidine rings is 1. The topological polar surface area (TPSA) is 74.3 Å². The van der Waals surface area contributed by atoms with Gasteiger partial charge in [0.25, 0.3) is 0 Å². The SMILES string of the molecule is O=C(Nc1nc2c(F)cccc2s1)NC1CC(=O)N2CCCCC12. The Hall–Kier alpha value is -2.22. The summed E-state index contributed by atoms with van der Waals surface area (Å²) in [6, 6.07) is 4.22. The Morgan fingerprint density at radius 2 is 2.25 bits per heavy atom. The smallest absolute Gasteiger partial charge is 0.321 e. The minimum Gasteiger partial charge on any atom is -0.338 e. The predicted molar refractivity (Wildman–Crippen MR) is 89.5 cm³/mol. The van der Waals surface area contributed by atoms with Crippen LogP contribution in [0.3, 0.4) is 0 Å². The van der Waals surface area contributed by atoms with Crippen molar-refractivity contribution in [1.29, 1.82) is 0 Å². The maximum absolute atomic E-state index is 13.7. The number of carbonyl (C=O) groups excluding carboxylic acids is 2. The van der Waals surface area contributed by atoms with Crippen molar-refractivity contribution in [1.82, 2.24) is 15.2 Å². The van der Waals surface area contributed by atoms with Gasteiger partial charge >= 0.3 is 6.03 Å². The van der Waals surface area contributed by atoms with E-state index >= 15 is 0 Å². The van der Waals surface area contributed by atoms with Crippen LogP contribution in [0.15, 0.2) is 18.2 Å². The van der Waals surface area contributed by atoms with E-state index in [9.17, 15) is 14.0 Å². The molecule has 3 amide bonds. The molecule has 2 aliphatic rings. The van der Waals surface area contributed by atoms with Gasteiger partial charge in [0.05, 0.1) is 16.8 Å². The third-order valence-electron chi connectivity index (χ3n) is 4.64. The molecule has 2 unspecified atom stereocenters. The van der Waals surface area contributed by atoms with Crippen LogP contribution < -0.4 is 10.6 Å². The van der Waals surface area contributed by atoms with Gasteiger partial charge < -0.3 is 10.2 Å². The number of nitrogens with zero attached hydrogens (tertiary/aromatic N) is 2. The minimum atomic E-state index is -0.406. The number of halogens is 1. The summed E-state index contributed by atoms with van der Waals surface area (Å²) < 4.78 is 14.3. The summed E-state index contributed by atoms with van der Waals surface area (Å²) in [5, 5.41) is 5.88. The summed E-state index contributed by atoms with van der Waals surface area (Å²) in [6.45, 7) is 0.778. The maximum Gasteiger partial charge on any atom is 0.321 e. The lowest BCUT2D eigenvalue weighted by molar-refractivity contribution is -0.129. The highest BCUT2D eigenvalue weighted by atomic mass is 32.1. The molecule has 8 heteroatoms. The molecule has 2 aromatic rings. The molecule has 2 N–H and O–H groups in total. The van der Waals surface area contributed by atoms with E-state index < -0.39 is 11.8 Å². The summed E-state index contributed by atoms with van der Waals surface area (Å²) in [4.78, 5) is 30.2. The molecule has 1 aromatic carbocycles. The molecule has 1 aromatic heterocycles. The molecule has 4 rings (SSSR count). The molecule has 2 fully saturated rings. The van der Waals surface area contributed by atoms with Crippen molar-refractivity contribution in [2.75, 3.05) is 11.9 Å². The van der Waals surface area contributed by atoms with E-state index in [1.807, 2.05) is 4.90 Å². The van der Waals surface area contributed by atoms with Gasteiger partial charge in [-0.3, -0.25) is 10.1 Å². The zero-order valence-corrected chi connectivity index (χ0v) is 13.7. The molecule has 3 heterocycles. The number of thiazole rings is 1. The molecular weight excluding hydrogens is 331 g/mol. The Bertz CT molecular complexity index is 808. The van der Waals surface area contributed by atoms with Gasteiger partial charge in [0.1, 0.15) is 11.3 Å². The van der Waals surface area contributed by atoms with Crippen LogP contribution in [-0.4, -0.2) is 40.5 Å². The number of fused-ring (bicyclic) bond motifs is 2. The van der Waals surface area contributed by atoms with Crippen LogP contribution >= 0.6 is 11.3 Å². The number of nitrogens with one attached hydrogen (secondary N) is 2. The summed E-state index contributed by atoms with van der Waals surface area (Å²) in [5.74, 6) is -0.302. The van der Waals surface area contributed by atoms with Gasteiger partial charge in [-0.1, -0.05) is 17.4 Å². The number of anilines is 1. The maximum atomic E-state index is 13.7. The van der Waals surface area contributed by atoms with Gasteiger partial charge in [0.2, 0.25) is 5.91 Å². The summed E-state index contributed by atoms with van der Waals surface area (Å²) in [7, 11) is 0. The lowest BCUT2D eigenvalue weighted by Gasteiger charge is -2.32. The van der Waals surface area contributed by atoms with Crippen molar-refractivity contribution in [3.63, 3.8) is 0 Å². The first-order chi connectivity index (χ1) is 11.6. The Morgan fingerprint density at radius 1 is 1.38 bits per heavy atom. The van der Waals surface area contributed by atoms with E-state index in [0.29, 0.717) is 16.3 Å². The van der Waals surface area contributed by atoms with Gasteiger partial charge in [0.15, 0.2) is 5.13 Å². The van der Waals surface area contributed by atoms with Crippen LogP contribution in [0.25, 0.3) is 10.2 Å². The van der Waals surface area contributed by atoms with E-state index in [-0.39, 0.29) is 23.5 Å². The molecule has 0 saturated carbocycles. The van der Waals surface area contributed by atoms with E-state index in [1.165, 1.54) is 17.4 Å². The second-order valence-electron chi connectivity index (χ2n) is 6.16. The largest absolute Gasteiger partial charge is 0.338 e. The molecule has 6 nitrogen and oxygen atoms in total. The van der Waals surface area contributed by atoms with Gasteiger partial charge in [-0.05, 0) is 31.4 Å². The van der Waals surface area contributed by atoms with Crippen molar-refractivity contribution < 1.29 is 14.0 Å². The average Bonchev–Trinajstić information content (AvgIpc) is 3.10. The molecule has 0 aliphatic carbocycles. The van der Waals surface area contributed by atoms with E-state index in [0.717, 1.165) is 25.8 Å². The second-order valence-corrected chi connectivity index (χ2v) is 7.20. The Morgan fingerprint density at radius 3 is 3.08 bits per heavy atom. The van der Waals surface area contributed by atoms with Crippen LogP contribution in [0, 0.1) is 5.82 Å². The van der Waals surface area contributed by atoms with Crippen molar-refractivity contribution in [3.05, 3.63) is 24.0 Å². The van der Waals surface area contributed by atoms with Crippen LogP contribution in [0.5, 0.6) is 0 Å². The molecule has 0 bridgehead atoms. The predicted octanol–water partition coefficient (Wildman–Crippen LogP) is 2.71. The van der Waals surface area contributed by atoms with Crippen molar-refractivity contribution in [3.8, 4) is 0 Å². The molecule has 24 heavy (non-hydrogen) atoms.